The van der Waals surface area contributed by atoms with Crippen molar-refractivity contribution in [3.05, 3.63) is 58.2 Å². The third-order valence-corrected chi connectivity index (χ3v) is 4.48. The van der Waals surface area contributed by atoms with E-state index >= 15 is 0 Å². The van der Waals surface area contributed by atoms with Crippen molar-refractivity contribution in [1.82, 2.24) is 0 Å². The highest BCUT2D eigenvalue weighted by molar-refractivity contribution is 6.40. The first-order valence-corrected chi connectivity index (χ1v) is 9.76. The van der Waals surface area contributed by atoms with Crippen molar-refractivity contribution in [3.8, 4) is 0 Å². The third-order valence-electron chi connectivity index (χ3n) is 4.48. The predicted molar refractivity (Wildman–Crippen MR) is 110 cm³/mol. The van der Waals surface area contributed by atoms with E-state index in [1.807, 2.05) is 13.0 Å². The van der Waals surface area contributed by atoms with Gasteiger partial charge in [0.15, 0.2) is 0 Å². The normalized spacial score (nSPS) is 15.5. The lowest BCUT2D eigenvalue weighted by Gasteiger charge is -2.21. The number of carbonyl (C=O) groups excluding carboxylic acids is 2. The Morgan fingerprint density at radius 1 is 1.16 bits per heavy atom. The number of ketones is 1. The predicted octanol–water partition coefficient (Wildman–Crippen LogP) is 5.39. The van der Waals surface area contributed by atoms with E-state index in [0.717, 1.165) is 17.7 Å². The molecule has 5 nitrogen and oxygen atoms in total. The van der Waals surface area contributed by atoms with E-state index in [0.29, 0.717) is 17.6 Å². The monoisotopic (exact) mass is 437 g/mol. The van der Waals surface area contributed by atoms with Gasteiger partial charge in [0.2, 0.25) is 0 Å². The van der Waals surface area contributed by atoms with Crippen molar-refractivity contribution in [3.63, 3.8) is 0 Å². The number of carbonyl (C=O) groups is 2. The molecule has 1 aromatic rings. The summed E-state index contributed by atoms with van der Waals surface area (Å²) in [5.41, 5.74) is 0.863. The van der Waals surface area contributed by atoms with Crippen molar-refractivity contribution in [2.24, 2.45) is 5.16 Å². The highest BCUT2D eigenvalue weighted by atomic mass is 19.4. The summed E-state index contributed by atoms with van der Waals surface area (Å²) in [5, 5.41) is 3.90. The van der Waals surface area contributed by atoms with E-state index in [1.54, 1.807) is 20.8 Å². The van der Waals surface area contributed by atoms with Crippen molar-refractivity contribution in [2.45, 2.75) is 59.2 Å². The van der Waals surface area contributed by atoms with Crippen LogP contribution >= 0.6 is 0 Å². The molecule has 0 saturated heterocycles. The Bertz CT molecular complexity index is 950. The summed E-state index contributed by atoms with van der Waals surface area (Å²) in [4.78, 5) is 30.1. The van der Waals surface area contributed by atoms with Crippen molar-refractivity contribution in [1.29, 1.82) is 0 Å². The van der Waals surface area contributed by atoms with Gasteiger partial charge in [0.1, 0.15) is 12.2 Å². The quantitative estimate of drug-likeness (QED) is 0.197. The van der Waals surface area contributed by atoms with Crippen molar-refractivity contribution < 1.29 is 32.3 Å². The molecule has 0 heterocycles. The van der Waals surface area contributed by atoms with E-state index in [4.69, 9.17) is 9.57 Å². The van der Waals surface area contributed by atoms with Gasteiger partial charge in [0.25, 0.3) is 5.78 Å². The van der Waals surface area contributed by atoms with Crippen LogP contribution in [0.2, 0.25) is 0 Å². The molecule has 2 rings (SSSR count). The zero-order valence-electron chi connectivity index (χ0n) is 18.2. The minimum atomic E-state index is -4.45. The summed E-state index contributed by atoms with van der Waals surface area (Å²) >= 11 is 0. The number of Topliss-reactive ketones (excluding diaryl/α,β-unsaturated/α-hetero) is 1. The molecule has 0 saturated carbocycles. The average Bonchev–Trinajstić information content (AvgIpc) is 2.65. The number of oxime groups is 1. The number of rotatable bonds is 6. The standard InChI is InChI=1S/C23H26F3NO4/c1-14-9-10-19(20(28)21(29)31-22(3,4)5)17(11-14)13-30-27-15(2)16-7-6-8-18(12-16)23(24,25)26/h6-9,12H,10-11,13H2,1-5H3/b27-15-. The highest BCUT2D eigenvalue weighted by Gasteiger charge is 2.31. The van der Waals surface area contributed by atoms with Gasteiger partial charge in [-0.3, -0.25) is 4.79 Å². The number of ether oxygens (including phenoxy) is 1. The zero-order chi connectivity index (χ0) is 23.4. The molecule has 0 aliphatic heterocycles. The number of nitrogens with zero attached hydrogens (tertiary/aromatic N) is 1. The maximum Gasteiger partial charge on any atom is 0.416 e. The number of hydrogen-bond donors (Lipinski definition) is 0. The fourth-order valence-corrected chi connectivity index (χ4v) is 2.96. The molecule has 0 aromatic heterocycles. The first kappa shape index (κ1) is 24.4. The van der Waals surface area contributed by atoms with Crippen LogP contribution < -0.4 is 0 Å². The fraction of sp³-hybridized carbons (Fsp3) is 0.435. The lowest BCUT2D eigenvalue weighted by atomic mass is 9.90. The van der Waals surface area contributed by atoms with Gasteiger partial charge in [-0.25, -0.2) is 4.79 Å². The average molecular weight is 437 g/mol. The SMILES string of the molecule is CC1=CCC(C(=O)C(=O)OC(C)(C)C)=C(CO/N=C(/C)c2cccc(C(F)(F)F)c2)C1. The molecule has 0 N–H and O–H groups in total. The molecular weight excluding hydrogens is 411 g/mol. The molecule has 0 amide bonds. The molecule has 0 unspecified atom stereocenters. The summed E-state index contributed by atoms with van der Waals surface area (Å²) in [5.74, 6) is -1.66. The van der Waals surface area contributed by atoms with Crippen molar-refractivity contribution >= 4 is 17.5 Å². The summed E-state index contributed by atoms with van der Waals surface area (Å²) in [7, 11) is 0. The Morgan fingerprint density at radius 3 is 2.45 bits per heavy atom. The second-order valence-corrected chi connectivity index (χ2v) is 8.37. The first-order valence-electron chi connectivity index (χ1n) is 9.76. The topological polar surface area (TPSA) is 65.0 Å². The Morgan fingerprint density at radius 2 is 1.84 bits per heavy atom. The van der Waals surface area contributed by atoms with Gasteiger partial charge in [-0.15, -0.1) is 0 Å². The largest absolute Gasteiger partial charge is 0.454 e. The molecule has 0 atom stereocenters. The van der Waals surface area contributed by atoms with E-state index in [1.165, 1.54) is 19.1 Å². The molecule has 0 fully saturated rings. The number of halogens is 3. The van der Waals surface area contributed by atoms with Crippen LogP contribution in [0.5, 0.6) is 0 Å². The zero-order valence-corrected chi connectivity index (χ0v) is 18.2. The molecule has 8 heteroatoms. The smallest absolute Gasteiger partial charge is 0.416 e. The van der Waals surface area contributed by atoms with Crippen LogP contribution in [0.4, 0.5) is 13.2 Å². The van der Waals surface area contributed by atoms with Gasteiger partial charge in [-0.2, -0.15) is 13.2 Å². The van der Waals surface area contributed by atoms with Gasteiger partial charge in [0.05, 0.1) is 11.3 Å². The van der Waals surface area contributed by atoms with Gasteiger partial charge in [-0.1, -0.05) is 28.9 Å². The fourth-order valence-electron chi connectivity index (χ4n) is 2.96. The Kier molecular flexibility index (Phi) is 7.46. The molecule has 31 heavy (non-hydrogen) atoms. The van der Waals surface area contributed by atoms with Crippen LogP contribution in [0.15, 0.2) is 52.2 Å². The van der Waals surface area contributed by atoms with Crippen LogP contribution in [-0.4, -0.2) is 29.7 Å². The summed E-state index contributed by atoms with van der Waals surface area (Å²) in [6, 6.07) is 4.77. The number of benzene rings is 1. The maximum atomic E-state index is 12.9. The van der Waals surface area contributed by atoms with Crippen LogP contribution in [0, 0.1) is 0 Å². The Labute approximate surface area is 179 Å². The Hall–Kier alpha value is -2.90. The van der Waals surface area contributed by atoms with E-state index in [2.05, 4.69) is 5.16 Å². The molecule has 1 aromatic carbocycles. The minimum absolute atomic E-state index is 0.0641. The van der Waals surface area contributed by atoms with Gasteiger partial charge >= 0.3 is 12.1 Å². The molecular formula is C23H26F3NO4. The van der Waals surface area contributed by atoms with Crippen LogP contribution in [0.3, 0.4) is 0 Å². The molecule has 0 radical (unpaired) electrons. The van der Waals surface area contributed by atoms with E-state index in [9.17, 15) is 22.8 Å². The van der Waals surface area contributed by atoms with Crippen LogP contribution in [0.25, 0.3) is 0 Å². The van der Waals surface area contributed by atoms with Gasteiger partial charge in [-0.05, 0) is 70.7 Å². The summed E-state index contributed by atoms with van der Waals surface area (Å²) in [6.45, 7) is 8.38. The molecule has 1 aliphatic rings. The number of allylic oxidation sites excluding steroid dienone is 2. The van der Waals surface area contributed by atoms with Gasteiger partial charge in [0, 0.05) is 5.57 Å². The van der Waals surface area contributed by atoms with Crippen LogP contribution in [0.1, 0.15) is 58.6 Å². The lowest BCUT2D eigenvalue weighted by Crippen LogP contribution is -2.30. The number of esters is 1. The molecule has 0 spiro atoms. The molecule has 168 valence electrons. The lowest BCUT2D eigenvalue weighted by molar-refractivity contribution is -0.161. The molecule has 1 aliphatic carbocycles. The summed E-state index contributed by atoms with van der Waals surface area (Å²) < 4.78 is 43.9. The summed E-state index contributed by atoms with van der Waals surface area (Å²) in [6.07, 6.45) is -1.88. The Balaban J connectivity index is 2.16. The van der Waals surface area contributed by atoms with E-state index < -0.39 is 29.1 Å². The first-order chi connectivity index (χ1) is 14.3. The highest BCUT2D eigenvalue weighted by Crippen LogP contribution is 2.30. The second kappa shape index (κ2) is 9.49. The minimum Gasteiger partial charge on any atom is -0.454 e. The van der Waals surface area contributed by atoms with E-state index in [-0.39, 0.29) is 24.3 Å². The third kappa shape index (κ3) is 7.08. The maximum absolute atomic E-state index is 12.9. The van der Waals surface area contributed by atoms with Crippen LogP contribution in [-0.2, 0) is 25.3 Å². The number of hydrogen-bond acceptors (Lipinski definition) is 5. The van der Waals surface area contributed by atoms with Gasteiger partial charge < -0.3 is 9.57 Å². The second-order valence-electron chi connectivity index (χ2n) is 8.37. The number of alkyl halides is 3. The van der Waals surface area contributed by atoms with Crippen molar-refractivity contribution in [2.75, 3.05) is 6.61 Å². The molecule has 0 bridgehead atoms.